The molecule has 0 aliphatic heterocycles. The van der Waals surface area contributed by atoms with Crippen LogP contribution in [0, 0.1) is 17.1 Å². The van der Waals surface area contributed by atoms with Gasteiger partial charge in [0.15, 0.2) is 0 Å². The Bertz CT molecular complexity index is 440. The molecule has 0 unspecified atom stereocenters. The highest BCUT2D eigenvalue weighted by atomic mass is 79.9. The second-order valence-corrected chi connectivity index (χ2v) is 4.87. The Morgan fingerprint density at radius 3 is 2.71 bits per heavy atom. The lowest BCUT2D eigenvalue weighted by atomic mass is 10.2. The van der Waals surface area contributed by atoms with Gasteiger partial charge in [-0.25, -0.2) is 4.39 Å². The molecule has 1 aromatic carbocycles. The van der Waals surface area contributed by atoms with Crippen molar-refractivity contribution in [3.8, 4) is 6.07 Å². The maximum Gasteiger partial charge on any atom is 0.139 e. The van der Waals surface area contributed by atoms with E-state index < -0.39 is 0 Å². The molecule has 0 bridgehead atoms. The van der Waals surface area contributed by atoms with Gasteiger partial charge in [-0.2, -0.15) is 5.26 Å². The Morgan fingerprint density at radius 2 is 2.18 bits per heavy atom. The van der Waals surface area contributed by atoms with Gasteiger partial charge in [-0.15, -0.1) is 0 Å². The molecule has 0 heterocycles. The van der Waals surface area contributed by atoms with Gasteiger partial charge in [0, 0.05) is 18.7 Å². The minimum absolute atomic E-state index is 0.197. The average Bonchev–Trinajstić information content (AvgIpc) is 2.25. The summed E-state index contributed by atoms with van der Waals surface area (Å²) in [5.74, 6) is -0.379. The van der Waals surface area contributed by atoms with Crippen molar-refractivity contribution in [1.29, 1.82) is 5.26 Å². The van der Waals surface area contributed by atoms with Crippen molar-refractivity contribution in [2.45, 2.75) is 26.3 Å². The summed E-state index contributed by atoms with van der Waals surface area (Å²) in [6.07, 6.45) is 0.409. The maximum atomic E-state index is 13.3. The molecule has 0 spiro atoms. The topological polar surface area (TPSA) is 53.0 Å². The standard InChI is InChI=1S/C12H15BrFN3/c1-8(2)17(5-3-4-15)12-6-9(13)10(14)7-11(12)16/h6-8H,3,5,16H2,1-2H3. The molecule has 0 amide bonds. The van der Waals surface area contributed by atoms with Crippen LogP contribution in [0.15, 0.2) is 16.6 Å². The van der Waals surface area contributed by atoms with Gasteiger partial charge in [0.25, 0.3) is 0 Å². The molecule has 0 fully saturated rings. The van der Waals surface area contributed by atoms with Crippen molar-refractivity contribution in [3.63, 3.8) is 0 Å². The summed E-state index contributed by atoms with van der Waals surface area (Å²) in [5, 5.41) is 8.63. The van der Waals surface area contributed by atoms with Gasteiger partial charge in [-0.1, -0.05) is 0 Å². The van der Waals surface area contributed by atoms with Gasteiger partial charge in [0.05, 0.1) is 28.3 Å². The summed E-state index contributed by atoms with van der Waals surface area (Å²) in [7, 11) is 0. The Balaban J connectivity index is 3.10. The Labute approximate surface area is 109 Å². The highest BCUT2D eigenvalue weighted by molar-refractivity contribution is 9.10. The Kier molecular flexibility index (Phi) is 4.76. The SMILES string of the molecule is CC(C)N(CCC#N)c1cc(Br)c(F)cc1N. The van der Waals surface area contributed by atoms with Crippen LogP contribution in [0.5, 0.6) is 0 Å². The summed E-state index contributed by atoms with van der Waals surface area (Å²) in [5.41, 5.74) is 6.95. The van der Waals surface area contributed by atoms with E-state index in [0.717, 1.165) is 5.69 Å². The minimum atomic E-state index is -0.379. The third kappa shape index (κ3) is 3.34. The van der Waals surface area contributed by atoms with Gasteiger partial charge in [0.2, 0.25) is 0 Å². The fourth-order valence-electron chi connectivity index (χ4n) is 1.63. The second-order valence-electron chi connectivity index (χ2n) is 4.02. The van der Waals surface area contributed by atoms with E-state index in [1.54, 1.807) is 6.07 Å². The van der Waals surface area contributed by atoms with Crippen molar-refractivity contribution < 1.29 is 4.39 Å². The Morgan fingerprint density at radius 1 is 1.53 bits per heavy atom. The average molecular weight is 300 g/mol. The number of benzene rings is 1. The molecule has 1 aromatic rings. The molecule has 5 heteroatoms. The van der Waals surface area contributed by atoms with Crippen LogP contribution in [0.25, 0.3) is 0 Å². The van der Waals surface area contributed by atoms with E-state index in [0.29, 0.717) is 23.1 Å². The monoisotopic (exact) mass is 299 g/mol. The molecule has 1 rings (SSSR count). The van der Waals surface area contributed by atoms with Crippen molar-refractivity contribution >= 4 is 27.3 Å². The zero-order chi connectivity index (χ0) is 13.0. The number of nitrogen functional groups attached to an aromatic ring is 1. The van der Waals surface area contributed by atoms with Gasteiger partial charge in [0.1, 0.15) is 5.82 Å². The van der Waals surface area contributed by atoms with Crippen molar-refractivity contribution in [2.24, 2.45) is 0 Å². The van der Waals surface area contributed by atoms with E-state index >= 15 is 0 Å². The van der Waals surface area contributed by atoms with E-state index in [1.807, 2.05) is 18.7 Å². The number of halogens is 2. The van der Waals surface area contributed by atoms with E-state index in [2.05, 4.69) is 22.0 Å². The van der Waals surface area contributed by atoms with E-state index in [-0.39, 0.29) is 11.9 Å². The fourth-order valence-corrected chi connectivity index (χ4v) is 1.96. The molecule has 2 N–H and O–H groups in total. The van der Waals surface area contributed by atoms with Crippen LogP contribution in [-0.4, -0.2) is 12.6 Å². The minimum Gasteiger partial charge on any atom is -0.397 e. The molecule has 0 aromatic heterocycles. The fraction of sp³-hybridized carbons (Fsp3) is 0.417. The van der Waals surface area contributed by atoms with Crippen LogP contribution in [0.4, 0.5) is 15.8 Å². The van der Waals surface area contributed by atoms with Crippen LogP contribution < -0.4 is 10.6 Å². The first-order valence-corrected chi connectivity index (χ1v) is 6.14. The lowest BCUT2D eigenvalue weighted by Crippen LogP contribution is -2.32. The van der Waals surface area contributed by atoms with Crippen LogP contribution in [0.1, 0.15) is 20.3 Å². The molecule has 0 saturated heterocycles. The highest BCUT2D eigenvalue weighted by Gasteiger charge is 2.15. The molecule has 0 radical (unpaired) electrons. The van der Waals surface area contributed by atoms with E-state index in [1.165, 1.54) is 6.07 Å². The van der Waals surface area contributed by atoms with Gasteiger partial charge in [-0.05, 0) is 35.8 Å². The third-order valence-corrected chi connectivity index (χ3v) is 3.07. The first kappa shape index (κ1) is 13.8. The van der Waals surface area contributed by atoms with Crippen LogP contribution >= 0.6 is 15.9 Å². The normalized spacial score (nSPS) is 10.4. The lowest BCUT2D eigenvalue weighted by molar-refractivity contribution is 0.620. The molecule has 3 nitrogen and oxygen atoms in total. The smallest absolute Gasteiger partial charge is 0.139 e. The summed E-state index contributed by atoms with van der Waals surface area (Å²) in [6.45, 7) is 4.60. The van der Waals surface area contributed by atoms with E-state index in [4.69, 9.17) is 11.0 Å². The number of anilines is 2. The summed E-state index contributed by atoms with van der Waals surface area (Å²) in [6, 6.07) is 5.24. The maximum absolute atomic E-state index is 13.3. The predicted molar refractivity (Wildman–Crippen MR) is 71.2 cm³/mol. The number of nitrogens with zero attached hydrogens (tertiary/aromatic N) is 2. The van der Waals surface area contributed by atoms with Crippen molar-refractivity contribution in [1.82, 2.24) is 0 Å². The van der Waals surface area contributed by atoms with Crippen molar-refractivity contribution in [3.05, 3.63) is 22.4 Å². The first-order valence-electron chi connectivity index (χ1n) is 5.35. The number of nitriles is 1. The lowest BCUT2D eigenvalue weighted by Gasteiger charge is -2.29. The van der Waals surface area contributed by atoms with Crippen LogP contribution in [0.3, 0.4) is 0 Å². The number of nitrogens with two attached hydrogens (primary N) is 1. The zero-order valence-electron chi connectivity index (χ0n) is 9.87. The quantitative estimate of drug-likeness (QED) is 0.868. The first-order chi connectivity index (χ1) is 7.97. The number of rotatable bonds is 4. The largest absolute Gasteiger partial charge is 0.397 e. The predicted octanol–water partition coefficient (Wildman–Crippen LogP) is 3.30. The van der Waals surface area contributed by atoms with Gasteiger partial charge < -0.3 is 10.6 Å². The molecule has 0 saturated carbocycles. The third-order valence-electron chi connectivity index (χ3n) is 2.47. The number of hydrogen-bond donors (Lipinski definition) is 1. The molecule has 0 aliphatic carbocycles. The summed E-state index contributed by atoms with van der Waals surface area (Å²) >= 11 is 3.14. The molecular weight excluding hydrogens is 285 g/mol. The Hall–Kier alpha value is -1.28. The van der Waals surface area contributed by atoms with Gasteiger partial charge in [-0.3, -0.25) is 0 Å². The molecule has 92 valence electrons. The molecular formula is C12H15BrFN3. The highest BCUT2D eigenvalue weighted by Crippen LogP contribution is 2.30. The molecule has 0 atom stereocenters. The molecule has 0 aliphatic rings. The summed E-state index contributed by atoms with van der Waals surface area (Å²) < 4.78 is 13.7. The van der Waals surface area contributed by atoms with Gasteiger partial charge >= 0.3 is 0 Å². The summed E-state index contributed by atoms with van der Waals surface area (Å²) in [4.78, 5) is 1.99. The number of hydrogen-bond acceptors (Lipinski definition) is 3. The second kappa shape index (κ2) is 5.87. The van der Waals surface area contributed by atoms with Crippen LogP contribution in [-0.2, 0) is 0 Å². The van der Waals surface area contributed by atoms with E-state index in [9.17, 15) is 4.39 Å². The van der Waals surface area contributed by atoms with Crippen molar-refractivity contribution in [2.75, 3.05) is 17.2 Å². The zero-order valence-corrected chi connectivity index (χ0v) is 11.5. The van der Waals surface area contributed by atoms with Crippen LogP contribution in [0.2, 0.25) is 0 Å². The molecule has 17 heavy (non-hydrogen) atoms.